The van der Waals surface area contributed by atoms with E-state index in [1.807, 2.05) is 12.4 Å². The molecule has 1 aromatic carbocycles. The highest BCUT2D eigenvalue weighted by Gasteiger charge is 2.19. The van der Waals surface area contributed by atoms with Gasteiger partial charge in [-0.3, -0.25) is 4.98 Å². The summed E-state index contributed by atoms with van der Waals surface area (Å²) in [5, 5.41) is 2.48. The quantitative estimate of drug-likeness (QED) is 0.627. The first-order chi connectivity index (χ1) is 7.54. The largest absolute Gasteiger partial charge is 0.264 e. The van der Waals surface area contributed by atoms with Crippen LogP contribution in [0, 0.1) is 6.92 Å². The minimum absolute atomic E-state index is 0.0347. The molecule has 0 atom stereocenters. The monoisotopic (exact) mass is 249 g/mol. The molecule has 0 radical (unpaired) electrons. The Morgan fingerprint density at radius 3 is 2.69 bits per heavy atom. The molecule has 0 N–H and O–H groups in total. The van der Waals surface area contributed by atoms with E-state index in [1.54, 1.807) is 10.8 Å². The Balaban J connectivity index is 2.64. The fraction of sp³-hybridized carbons (Fsp3) is 0.308. The van der Waals surface area contributed by atoms with Crippen molar-refractivity contribution in [1.29, 1.82) is 0 Å². The smallest absolute Gasteiger partial charge is 0.0453 e. The van der Waals surface area contributed by atoms with Crippen molar-refractivity contribution in [3.63, 3.8) is 0 Å². The fourth-order valence-corrected chi connectivity index (χ4v) is 2.29. The molecule has 0 spiro atoms. The summed E-state index contributed by atoms with van der Waals surface area (Å²) in [5.41, 5.74) is 2.52. The SMILES string of the molecule is Cc1cncc2ccc(C(C)(C)SS)cc12. The van der Waals surface area contributed by atoms with Crippen LogP contribution in [0.4, 0.5) is 0 Å². The first-order valence-corrected chi connectivity index (χ1v) is 7.09. The second-order valence-electron chi connectivity index (χ2n) is 4.49. The summed E-state index contributed by atoms with van der Waals surface area (Å²) >= 11 is 4.34. The summed E-state index contributed by atoms with van der Waals surface area (Å²) in [6.45, 7) is 6.46. The van der Waals surface area contributed by atoms with Crippen molar-refractivity contribution in [2.45, 2.75) is 25.5 Å². The van der Waals surface area contributed by atoms with Crippen molar-refractivity contribution < 1.29 is 0 Å². The highest BCUT2D eigenvalue weighted by atomic mass is 33.1. The van der Waals surface area contributed by atoms with Gasteiger partial charge < -0.3 is 0 Å². The minimum atomic E-state index is 0.0347. The summed E-state index contributed by atoms with van der Waals surface area (Å²) in [6.07, 6.45) is 3.82. The number of hydrogen-bond donors (Lipinski definition) is 1. The second kappa shape index (κ2) is 4.30. The molecule has 0 bridgehead atoms. The molecule has 2 rings (SSSR count). The minimum Gasteiger partial charge on any atom is -0.264 e. The van der Waals surface area contributed by atoms with Crippen LogP contribution in [-0.4, -0.2) is 4.98 Å². The van der Waals surface area contributed by atoms with Crippen LogP contribution < -0.4 is 0 Å². The Morgan fingerprint density at radius 2 is 2.00 bits per heavy atom. The summed E-state index contributed by atoms with van der Waals surface area (Å²) in [5.74, 6) is 0. The standard InChI is InChI=1S/C13H15NS2/c1-9-7-14-8-10-4-5-11(6-12(9)10)13(2,3)16-15/h4-8,15H,1-3H3. The number of benzene rings is 1. The number of rotatable bonds is 2. The van der Waals surface area contributed by atoms with Crippen LogP contribution in [0.25, 0.3) is 10.8 Å². The third-order valence-electron chi connectivity index (χ3n) is 2.88. The number of aryl methyl sites for hydroxylation is 1. The molecule has 1 nitrogen and oxygen atoms in total. The lowest BCUT2D eigenvalue weighted by Gasteiger charge is -2.22. The highest BCUT2D eigenvalue weighted by Crippen LogP contribution is 2.39. The van der Waals surface area contributed by atoms with Gasteiger partial charge in [0.15, 0.2) is 0 Å². The van der Waals surface area contributed by atoms with E-state index >= 15 is 0 Å². The zero-order valence-corrected chi connectivity index (χ0v) is 11.4. The van der Waals surface area contributed by atoms with Gasteiger partial charge in [0.2, 0.25) is 0 Å². The van der Waals surface area contributed by atoms with Crippen LogP contribution in [0.1, 0.15) is 25.0 Å². The average Bonchev–Trinajstić information content (AvgIpc) is 2.29. The lowest BCUT2D eigenvalue weighted by Crippen LogP contribution is -2.09. The molecule has 16 heavy (non-hydrogen) atoms. The maximum absolute atomic E-state index is 4.34. The number of aromatic nitrogens is 1. The molecular formula is C13H15NS2. The predicted molar refractivity (Wildman–Crippen MR) is 76.1 cm³/mol. The molecule has 0 unspecified atom stereocenters. The van der Waals surface area contributed by atoms with Crippen molar-refractivity contribution in [2.75, 3.05) is 0 Å². The van der Waals surface area contributed by atoms with Crippen LogP contribution in [-0.2, 0) is 4.75 Å². The van der Waals surface area contributed by atoms with E-state index in [9.17, 15) is 0 Å². The number of pyridine rings is 1. The van der Waals surface area contributed by atoms with Gasteiger partial charge in [0.25, 0.3) is 0 Å². The van der Waals surface area contributed by atoms with Gasteiger partial charge in [0, 0.05) is 22.5 Å². The van der Waals surface area contributed by atoms with E-state index in [4.69, 9.17) is 0 Å². The van der Waals surface area contributed by atoms with Gasteiger partial charge in [-0.15, -0.1) is 11.7 Å². The van der Waals surface area contributed by atoms with Gasteiger partial charge in [0.1, 0.15) is 0 Å². The Bertz CT molecular complexity index is 520. The van der Waals surface area contributed by atoms with E-state index in [0.717, 1.165) is 0 Å². The Hall–Kier alpha value is -0.670. The third-order valence-corrected chi connectivity index (χ3v) is 4.94. The molecule has 84 valence electrons. The Labute approximate surface area is 105 Å². The zero-order chi connectivity index (χ0) is 11.8. The predicted octanol–water partition coefficient (Wildman–Crippen LogP) is 4.36. The van der Waals surface area contributed by atoms with E-state index < -0.39 is 0 Å². The van der Waals surface area contributed by atoms with E-state index in [-0.39, 0.29) is 4.75 Å². The van der Waals surface area contributed by atoms with E-state index in [0.29, 0.717) is 0 Å². The molecule has 1 aromatic heterocycles. The number of thiol groups is 1. The lowest BCUT2D eigenvalue weighted by molar-refractivity contribution is 0.791. The number of nitrogens with zero attached hydrogens (tertiary/aromatic N) is 1. The van der Waals surface area contributed by atoms with Crippen LogP contribution in [0.15, 0.2) is 30.6 Å². The number of fused-ring (bicyclic) bond motifs is 1. The molecule has 0 saturated heterocycles. The van der Waals surface area contributed by atoms with Gasteiger partial charge in [0.05, 0.1) is 0 Å². The van der Waals surface area contributed by atoms with Gasteiger partial charge >= 0.3 is 0 Å². The summed E-state index contributed by atoms with van der Waals surface area (Å²) in [4.78, 5) is 4.20. The molecule has 0 fully saturated rings. The molecule has 0 aliphatic rings. The molecule has 0 aliphatic carbocycles. The zero-order valence-electron chi connectivity index (χ0n) is 9.69. The topological polar surface area (TPSA) is 12.9 Å². The summed E-state index contributed by atoms with van der Waals surface area (Å²) in [7, 11) is 1.57. The summed E-state index contributed by atoms with van der Waals surface area (Å²) in [6, 6.07) is 6.54. The van der Waals surface area contributed by atoms with Crippen LogP contribution in [0.3, 0.4) is 0 Å². The molecule has 2 aromatic rings. The van der Waals surface area contributed by atoms with E-state index in [1.165, 1.54) is 21.9 Å². The maximum Gasteiger partial charge on any atom is 0.0453 e. The third kappa shape index (κ3) is 2.06. The van der Waals surface area contributed by atoms with Gasteiger partial charge in [-0.2, -0.15) is 0 Å². The lowest BCUT2D eigenvalue weighted by atomic mass is 9.98. The molecule has 1 heterocycles. The Kier molecular flexibility index (Phi) is 3.17. The van der Waals surface area contributed by atoms with Crippen molar-refractivity contribution in [1.82, 2.24) is 4.98 Å². The van der Waals surface area contributed by atoms with Crippen molar-refractivity contribution in [3.8, 4) is 0 Å². The van der Waals surface area contributed by atoms with Crippen LogP contribution in [0.5, 0.6) is 0 Å². The van der Waals surface area contributed by atoms with Crippen LogP contribution >= 0.6 is 22.5 Å². The molecular weight excluding hydrogens is 234 g/mol. The van der Waals surface area contributed by atoms with Crippen molar-refractivity contribution >= 4 is 33.2 Å². The molecule has 0 saturated carbocycles. The van der Waals surface area contributed by atoms with Gasteiger partial charge in [-0.1, -0.05) is 22.9 Å². The normalized spacial score (nSPS) is 12.0. The first-order valence-electron chi connectivity index (χ1n) is 5.22. The summed E-state index contributed by atoms with van der Waals surface area (Å²) < 4.78 is 0.0347. The maximum atomic E-state index is 4.34. The van der Waals surface area contributed by atoms with Crippen LogP contribution in [0.2, 0.25) is 0 Å². The molecule has 0 amide bonds. The van der Waals surface area contributed by atoms with Gasteiger partial charge in [-0.25, -0.2) is 0 Å². The molecule has 0 aliphatic heterocycles. The van der Waals surface area contributed by atoms with Crippen molar-refractivity contribution in [2.24, 2.45) is 0 Å². The highest BCUT2D eigenvalue weighted by molar-refractivity contribution is 8.68. The fourth-order valence-electron chi connectivity index (χ4n) is 1.74. The van der Waals surface area contributed by atoms with Gasteiger partial charge in [-0.05, 0) is 43.4 Å². The second-order valence-corrected chi connectivity index (χ2v) is 6.24. The Morgan fingerprint density at radius 1 is 1.25 bits per heavy atom. The first kappa shape index (κ1) is 11.8. The van der Waals surface area contributed by atoms with E-state index in [2.05, 4.69) is 55.6 Å². The number of hydrogen-bond acceptors (Lipinski definition) is 3. The van der Waals surface area contributed by atoms with Crippen molar-refractivity contribution in [3.05, 3.63) is 41.7 Å². The molecule has 3 heteroatoms. The average molecular weight is 249 g/mol.